The minimum absolute atomic E-state index is 0.0840. The Labute approximate surface area is 184 Å². The third-order valence-corrected chi connectivity index (χ3v) is 6.80. The lowest BCUT2D eigenvalue weighted by molar-refractivity contribution is 0.0939. The molecule has 3 aromatic carbocycles. The fraction of sp³-hybridized carbons (Fsp3) is 0.240. The van der Waals surface area contributed by atoms with E-state index >= 15 is 0 Å². The van der Waals surface area contributed by atoms with Gasteiger partial charge in [-0.1, -0.05) is 55.0 Å². The van der Waals surface area contributed by atoms with E-state index in [1.54, 1.807) is 31.2 Å². The Balaban J connectivity index is 1.80. The van der Waals surface area contributed by atoms with Gasteiger partial charge in [-0.05, 0) is 68.1 Å². The van der Waals surface area contributed by atoms with Crippen LogP contribution in [0.15, 0.2) is 71.6 Å². The third kappa shape index (κ3) is 5.52. The van der Waals surface area contributed by atoms with Crippen LogP contribution in [0.1, 0.15) is 52.5 Å². The van der Waals surface area contributed by atoms with Crippen molar-refractivity contribution >= 4 is 21.6 Å². The van der Waals surface area contributed by atoms with Crippen molar-refractivity contribution in [2.45, 2.75) is 45.1 Å². The highest BCUT2D eigenvalue weighted by Crippen LogP contribution is 2.22. The van der Waals surface area contributed by atoms with Gasteiger partial charge in [0.2, 0.25) is 0 Å². The Morgan fingerprint density at radius 1 is 0.935 bits per heavy atom. The summed E-state index contributed by atoms with van der Waals surface area (Å²) in [4.78, 5) is 12.9. The van der Waals surface area contributed by atoms with Crippen LogP contribution in [0.25, 0.3) is 0 Å². The van der Waals surface area contributed by atoms with Crippen LogP contribution in [0.4, 0.5) is 5.69 Å². The minimum atomic E-state index is -3.83. The first-order chi connectivity index (χ1) is 14.7. The van der Waals surface area contributed by atoms with Crippen LogP contribution in [0.5, 0.6) is 0 Å². The highest BCUT2D eigenvalue weighted by Gasteiger charge is 2.20. The van der Waals surface area contributed by atoms with E-state index in [9.17, 15) is 13.2 Å². The number of amides is 1. The molecule has 0 heterocycles. The van der Waals surface area contributed by atoms with E-state index in [0.717, 1.165) is 17.5 Å². The Morgan fingerprint density at radius 2 is 1.58 bits per heavy atom. The molecule has 31 heavy (non-hydrogen) atoms. The maximum atomic E-state index is 12.9. The topological polar surface area (TPSA) is 75.3 Å². The average molecular weight is 437 g/mol. The quantitative estimate of drug-likeness (QED) is 0.537. The maximum Gasteiger partial charge on any atom is 0.262 e. The van der Waals surface area contributed by atoms with E-state index in [1.165, 1.54) is 11.6 Å². The van der Waals surface area contributed by atoms with Crippen LogP contribution in [0.2, 0.25) is 0 Å². The summed E-state index contributed by atoms with van der Waals surface area (Å²) in [5.74, 6) is -0.321. The second-order valence-electron chi connectivity index (χ2n) is 7.74. The molecule has 0 fully saturated rings. The van der Waals surface area contributed by atoms with Crippen LogP contribution >= 0.6 is 0 Å². The molecule has 1 atom stereocenters. The zero-order valence-electron chi connectivity index (χ0n) is 18.3. The fourth-order valence-corrected chi connectivity index (χ4v) is 4.60. The number of hydrogen-bond donors (Lipinski definition) is 2. The zero-order chi connectivity index (χ0) is 22.6. The van der Waals surface area contributed by atoms with Gasteiger partial charge in [-0.15, -0.1) is 0 Å². The molecule has 3 aromatic rings. The van der Waals surface area contributed by atoms with Crippen LogP contribution < -0.4 is 10.0 Å². The number of anilines is 1. The molecular weight excluding hydrogens is 408 g/mol. The zero-order valence-corrected chi connectivity index (χ0v) is 19.1. The van der Waals surface area contributed by atoms with E-state index in [-0.39, 0.29) is 16.8 Å². The van der Waals surface area contributed by atoms with Gasteiger partial charge < -0.3 is 5.32 Å². The monoisotopic (exact) mass is 436 g/mol. The first-order valence-corrected chi connectivity index (χ1v) is 11.8. The van der Waals surface area contributed by atoms with Gasteiger partial charge in [0.15, 0.2) is 0 Å². The van der Waals surface area contributed by atoms with Gasteiger partial charge in [-0.25, -0.2) is 8.42 Å². The number of aryl methyl sites for hydroxylation is 3. The van der Waals surface area contributed by atoms with Crippen molar-refractivity contribution in [3.8, 4) is 0 Å². The van der Waals surface area contributed by atoms with Crippen molar-refractivity contribution in [2.75, 3.05) is 4.72 Å². The number of hydrogen-bond acceptors (Lipinski definition) is 3. The first kappa shape index (κ1) is 22.6. The predicted octanol–water partition coefficient (Wildman–Crippen LogP) is 5.16. The maximum absolute atomic E-state index is 12.9. The van der Waals surface area contributed by atoms with Gasteiger partial charge in [0.05, 0.1) is 10.9 Å². The first-order valence-electron chi connectivity index (χ1n) is 10.3. The molecule has 6 heteroatoms. The average Bonchev–Trinajstić information content (AvgIpc) is 2.75. The van der Waals surface area contributed by atoms with Crippen molar-refractivity contribution in [1.29, 1.82) is 0 Å². The molecule has 0 saturated carbocycles. The Morgan fingerprint density at radius 3 is 2.19 bits per heavy atom. The number of benzene rings is 3. The van der Waals surface area contributed by atoms with Crippen LogP contribution in [-0.2, 0) is 16.4 Å². The number of carbonyl (C=O) groups excluding carboxylic acids is 1. The van der Waals surface area contributed by atoms with Crippen molar-refractivity contribution in [3.05, 3.63) is 94.5 Å². The third-order valence-electron chi connectivity index (χ3n) is 5.28. The molecular formula is C25H28N2O3S. The standard InChI is InChI=1S/C25H28N2O3S/c1-5-20-9-12-21(13-10-20)19(4)26-25(28)22-11-8-18(3)24(16-22)31(29,30)27-23-14-6-17(2)7-15-23/h6-16,19,27H,5H2,1-4H3,(H,26,28)/t19-/m1/s1. The smallest absolute Gasteiger partial charge is 0.262 e. The summed E-state index contributed by atoms with van der Waals surface area (Å²) in [6, 6.07) is 19.7. The molecule has 0 radical (unpaired) electrons. The summed E-state index contributed by atoms with van der Waals surface area (Å²) in [7, 11) is -3.83. The molecule has 5 nitrogen and oxygen atoms in total. The molecule has 0 aromatic heterocycles. The van der Waals surface area contributed by atoms with E-state index in [1.807, 2.05) is 50.2 Å². The molecule has 0 aliphatic carbocycles. The number of rotatable bonds is 7. The van der Waals surface area contributed by atoms with Crippen LogP contribution in [0, 0.1) is 13.8 Å². The Kier molecular flexibility index (Phi) is 6.81. The normalized spacial score (nSPS) is 12.3. The number of carbonyl (C=O) groups is 1. The molecule has 162 valence electrons. The second kappa shape index (κ2) is 9.35. The molecule has 0 aliphatic heterocycles. The molecule has 0 unspecified atom stereocenters. The van der Waals surface area contributed by atoms with Crippen LogP contribution in [-0.4, -0.2) is 14.3 Å². The molecule has 0 bridgehead atoms. The molecule has 3 rings (SSSR count). The highest BCUT2D eigenvalue weighted by molar-refractivity contribution is 7.92. The molecule has 2 N–H and O–H groups in total. The lowest BCUT2D eigenvalue weighted by Crippen LogP contribution is -2.27. The van der Waals surface area contributed by atoms with E-state index in [0.29, 0.717) is 16.8 Å². The molecule has 0 saturated heterocycles. The Bertz CT molecular complexity index is 1170. The van der Waals surface area contributed by atoms with E-state index < -0.39 is 10.0 Å². The lowest BCUT2D eigenvalue weighted by Gasteiger charge is -2.16. The molecule has 0 spiro atoms. The van der Waals surface area contributed by atoms with Crippen molar-refractivity contribution < 1.29 is 13.2 Å². The predicted molar refractivity (Wildman–Crippen MR) is 125 cm³/mol. The van der Waals surface area contributed by atoms with E-state index in [2.05, 4.69) is 17.0 Å². The lowest BCUT2D eigenvalue weighted by atomic mass is 10.0. The molecule has 1 amide bonds. The Hall–Kier alpha value is -3.12. The van der Waals surface area contributed by atoms with Crippen LogP contribution in [0.3, 0.4) is 0 Å². The van der Waals surface area contributed by atoms with Gasteiger partial charge >= 0.3 is 0 Å². The van der Waals surface area contributed by atoms with Gasteiger partial charge in [0.1, 0.15) is 0 Å². The fourth-order valence-electron chi connectivity index (χ4n) is 3.27. The minimum Gasteiger partial charge on any atom is -0.346 e. The molecule has 0 aliphatic rings. The summed E-state index contributed by atoms with van der Waals surface area (Å²) in [6.45, 7) is 7.65. The summed E-state index contributed by atoms with van der Waals surface area (Å²) in [5.41, 5.74) is 4.61. The van der Waals surface area contributed by atoms with E-state index in [4.69, 9.17) is 0 Å². The number of nitrogens with one attached hydrogen (secondary N) is 2. The van der Waals surface area contributed by atoms with Crippen molar-refractivity contribution in [2.24, 2.45) is 0 Å². The summed E-state index contributed by atoms with van der Waals surface area (Å²) >= 11 is 0. The SMILES string of the molecule is CCc1ccc([C@@H](C)NC(=O)c2ccc(C)c(S(=O)(=O)Nc3ccc(C)cc3)c2)cc1. The summed E-state index contributed by atoms with van der Waals surface area (Å²) in [6.07, 6.45) is 0.957. The number of sulfonamides is 1. The van der Waals surface area contributed by atoms with Gasteiger partial charge in [-0.3, -0.25) is 9.52 Å². The van der Waals surface area contributed by atoms with Crippen molar-refractivity contribution in [1.82, 2.24) is 5.32 Å². The highest BCUT2D eigenvalue weighted by atomic mass is 32.2. The van der Waals surface area contributed by atoms with Gasteiger partial charge in [0.25, 0.3) is 15.9 Å². The largest absolute Gasteiger partial charge is 0.346 e. The summed E-state index contributed by atoms with van der Waals surface area (Å²) < 4.78 is 28.5. The van der Waals surface area contributed by atoms with Crippen molar-refractivity contribution in [3.63, 3.8) is 0 Å². The van der Waals surface area contributed by atoms with Gasteiger partial charge in [0, 0.05) is 11.3 Å². The summed E-state index contributed by atoms with van der Waals surface area (Å²) in [5, 5.41) is 2.95. The second-order valence-corrected chi connectivity index (χ2v) is 9.39. The van der Waals surface area contributed by atoms with Gasteiger partial charge in [-0.2, -0.15) is 0 Å².